The Hall–Kier alpha value is -2.62. The van der Waals surface area contributed by atoms with Gasteiger partial charge >= 0.3 is 0 Å². The maximum Gasteiger partial charge on any atom is 0.253 e. The van der Waals surface area contributed by atoms with E-state index in [0.717, 1.165) is 19.3 Å². The first-order chi connectivity index (χ1) is 11.5. The van der Waals surface area contributed by atoms with Gasteiger partial charge in [-0.3, -0.25) is 9.59 Å². The Balaban J connectivity index is 1.70. The van der Waals surface area contributed by atoms with Gasteiger partial charge < -0.3 is 10.2 Å². The average molecular weight is 322 g/mol. The van der Waals surface area contributed by atoms with Crippen molar-refractivity contribution in [2.75, 3.05) is 12.4 Å². The van der Waals surface area contributed by atoms with Crippen LogP contribution in [0, 0.1) is 0 Å². The number of hydrogen-bond donors (Lipinski definition) is 1. The van der Waals surface area contributed by atoms with Gasteiger partial charge in [0, 0.05) is 31.3 Å². The second-order valence-corrected chi connectivity index (χ2v) is 6.34. The van der Waals surface area contributed by atoms with Crippen molar-refractivity contribution in [3.05, 3.63) is 65.2 Å². The average Bonchev–Trinajstić information content (AvgIpc) is 2.60. The van der Waals surface area contributed by atoms with E-state index in [-0.39, 0.29) is 17.9 Å². The predicted molar refractivity (Wildman–Crippen MR) is 95.1 cm³/mol. The van der Waals surface area contributed by atoms with Gasteiger partial charge in [-0.1, -0.05) is 24.3 Å². The lowest BCUT2D eigenvalue weighted by Gasteiger charge is -2.32. The van der Waals surface area contributed by atoms with Crippen LogP contribution in [0.25, 0.3) is 0 Å². The largest absolute Gasteiger partial charge is 0.338 e. The van der Waals surface area contributed by atoms with Gasteiger partial charge in [0.05, 0.1) is 0 Å². The molecule has 0 unspecified atom stereocenters. The lowest BCUT2D eigenvalue weighted by molar-refractivity contribution is -0.114. The number of nitrogens with zero attached hydrogens (tertiary/aromatic N) is 1. The lowest BCUT2D eigenvalue weighted by Crippen LogP contribution is -2.40. The Morgan fingerprint density at radius 2 is 1.71 bits per heavy atom. The minimum absolute atomic E-state index is 0.0220. The molecule has 0 saturated heterocycles. The zero-order chi connectivity index (χ0) is 17.1. The number of aryl methyl sites for hydroxylation is 1. The summed E-state index contributed by atoms with van der Waals surface area (Å²) in [5, 5.41) is 2.71. The SMILES string of the molecule is CC(=O)Nc1ccc(C(=O)N(C)[C@@H]2CCc3ccccc3C2)cc1. The molecule has 124 valence electrons. The highest BCUT2D eigenvalue weighted by molar-refractivity contribution is 5.95. The van der Waals surface area contributed by atoms with Gasteiger partial charge in [-0.25, -0.2) is 0 Å². The van der Waals surface area contributed by atoms with Crippen LogP contribution in [0.15, 0.2) is 48.5 Å². The molecule has 3 rings (SSSR count). The Morgan fingerprint density at radius 1 is 1.04 bits per heavy atom. The number of carbonyl (C=O) groups excluding carboxylic acids is 2. The Bertz CT molecular complexity index is 752. The second-order valence-electron chi connectivity index (χ2n) is 6.34. The van der Waals surface area contributed by atoms with E-state index in [1.807, 2.05) is 11.9 Å². The van der Waals surface area contributed by atoms with Gasteiger partial charge in [0.1, 0.15) is 0 Å². The van der Waals surface area contributed by atoms with Gasteiger partial charge in [0.2, 0.25) is 5.91 Å². The van der Waals surface area contributed by atoms with Crippen LogP contribution >= 0.6 is 0 Å². The fourth-order valence-corrected chi connectivity index (χ4v) is 3.28. The van der Waals surface area contributed by atoms with Crippen LogP contribution in [-0.2, 0) is 17.6 Å². The van der Waals surface area contributed by atoms with E-state index in [1.54, 1.807) is 24.3 Å². The van der Waals surface area contributed by atoms with Crippen molar-refractivity contribution in [3.63, 3.8) is 0 Å². The number of benzene rings is 2. The zero-order valence-corrected chi connectivity index (χ0v) is 14.1. The fraction of sp³-hybridized carbons (Fsp3) is 0.300. The molecule has 0 radical (unpaired) electrons. The monoisotopic (exact) mass is 322 g/mol. The van der Waals surface area contributed by atoms with Crippen molar-refractivity contribution in [2.24, 2.45) is 0 Å². The molecule has 24 heavy (non-hydrogen) atoms. The van der Waals surface area contributed by atoms with Crippen molar-refractivity contribution < 1.29 is 9.59 Å². The Morgan fingerprint density at radius 3 is 2.38 bits per heavy atom. The molecule has 0 saturated carbocycles. The molecule has 2 aromatic carbocycles. The van der Waals surface area contributed by atoms with Crippen LogP contribution in [0.4, 0.5) is 5.69 Å². The third-order valence-electron chi connectivity index (χ3n) is 4.64. The summed E-state index contributed by atoms with van der Waals surface area (Å²) in [6.07, 6.45) is 2.91. The molecule has 0 heterocycles. The first-order valence-corrected chi connectivity index (χ1v) is 8.26. The summed E-state index contributed by atoms with van der Waals surface area (Å²) in [5.74, 6) is -0.0965. The third-order valence-corrected chi connectivity index (χ3v) is 4.64. The third kappa shape index (κ3) is 3.48. The second kappa shape index (κ2) is 6.87. The normalized spacial score (nSPS) is 16.2. The van der Waals surface area contributed by atoms with E-state index in [0.29, 0.717) is 11.3 Å². The number of likely N-dealkylation sites (N-methyl/N-ethyl adjacent to an activating group) is 1. The molecular formula is C20H22N2O2. The number of amides is 2. The maximum absolute atomic E-state index is 12.7. The minimum Gasteiger partial charge on any atom is -0.338 e. The standard InChI is InChI=1S/C20H22N2O2/c1-14(23)21-18-10-7-16(8-11-18)20(24)22(2)19-12-9-15-5-3-4-6-17(15)13-19/h3-8,10-11,19H,9,12-13H2,1-2H3,(H,21,23)/t19-/m1/s1. The quantitative estimate of drug-likeness (QED) is 0.943. The zero-order valence-electron chi connectivity index (χ0n) is 14.1. The number of carbonyl (C=O) groups is 2. The molecule has 1 aliphatic carbocycles. The summed E-state index contributed by atoms with van der Waals surface area (Å²) in [7, 11) is 1.88. The maximum atomic E-state index is 12.7. The molecule has 2 aromatic rings. The molecule has 1 N–H and O–H groups in total. The van der Waals surface area contributed by atoms with E-state index in [2.05, 4.69) is 29.6 Å². The van der Waals surface area contributed by atoms with E-state index in [4.69, 9.17) is 0 Å². The number of anilines is 1. The van der Waals surface area contributed by atoms with Gasteiger partial charge in [0.25, 0.3) is 5.91 Å². The molecular weight excluding hydrogens is 300 g/mol. The van der Waals surface area contributed by atoms with Crippen molar-refractivity contribution in [1.29, 1.82) is 0 Å². The molecule has 1 atom stereocenters. The fourth-order valence-electron chi connectivity index (χ4n) is 3.28. The molecule has 0 aliphatic heterocycles. The molecule has 4 heteroatoms. The summed E-state index contributed by atoms with van der Waals surface area (Å²) < 4.78 is 0. The summed E-state index contributed by atoms with van der Waals surface area (Å²) in [6.45, 7) is 1.47. The lowest BCUT2D eigenvalue weighted by atomic mass is 9.87. The predicted octanol–water partition coefficient (Wildman–Crippen LogP) is 3.27. The van der Waals surface area contributed by atoms with Crippen LogP contribution < -0.4 is 5.32 Å². The molecule has 0 aromatic heterocycles. The van der Waals surface area contributed by atoms with E-state index < -0.39 is 0 Å². The van der Waals surface area contributed by atoms with E-state index >= 15 is 0 Å². The van der Waals surface area contributed by atoms with E-state index in [1.165, 1.54) is 18.1 Å². The number of rotatable bonds is 3. The highest BCUT2D eigenvalue weighted by atomic mass is 16.2. The molecule has 0 fully saturated rings. The molecule has 0 spiro atoms. The number of fused-ring (bicyclic) bond motifs is 1. The summed E-state index contributed by atoms with van der Waals surface area (Å²) in [5.41, 5.74) is 4.09. The Kier molecular flexibility index (Phi) is 4.65. The highest BCUT2D eigenvalue weighted by Gasteiger charge is 2.25. The van der Waals surface area contributed by atoms with Crippen molar-refractivity contribution in [2.45, 2.75) is 32.2 Å². The molecule has 2 amide bonds. The van der Waals surface area contributed by atoms with Crippen molar-refractivity contribution >= 4 is 17.5 Å². The minimum atomic E-state index is -0.118. The topological polar surface area (TPSA) is 49.4 Å². The molecule has 0 bridgehead atoms. The highest BCUT2D eigenvalue weighted by Crippen LogP contribution is 2.25. The van der Waals surface area contributed by atoms with Crippen LogP contribution in [0.3, 0.4) is 0 Å². The van der Waals surface area contributed by atoms with Gasteiger partial charge in [-0.05, 0) is 54.7 Å². The van der Waals surface area contributed by atoms with E-state index in [9.17, 15) is 9.59 Å². The summed E-state index contributed by atoms with van der Waals surface area (Å²) >= 11 is 0. The molecule has 1 aliphatic rings. The van der Waals surface area contributed by atoms with Crippen LogP contribution in [0.5, 0.6) is 0 Å². The summed E-state index contributed by atoms with van der Waals surface area (Å²) in [6, 6.07) is 15.7. The molecule has 4 nitrogen and oxygen atoms in total. The van der Waals surface area contributed by atoms with Crippen LogP contribution in [0.2, 0.25) is 0 Å². The number of hydrogen-bond acceptors (Lipinski definition) is 2. The van der Waals surface area contributed by atoms with Crippen molar-refractivity contribution in [3.8, 4) is 0 Å². The van der Waals surface area contributed by atoms with Gasteiger partial charge in [-0.2, -0.15) is 0 Å². The van der Waals surface area contributed by atoms with Gasteiger partial charge in [-0.15, -0.1) is 0 Å². The van der Waals surface area contributed by atoms with Crippen molar-refractivity contribution in [1.82, 2.24) is 4.90 Å². The number of nitrogens with one attached hydrogen (secondary N) is 1. The Labute approximate surface area is 142 Å². The summed E-state index contributed by atoms with van der Waals surface area (Å²) in [4.78, 5) is 25.6. The smallest absolute Gasteiger partial charge is 0.253 e. The van der Waals surface area contributed by atoms with Gasteiger partial charge in [0.15, 0.2) is 0 Å². The first-order valence-electron chi connectivity index (χ1n) is 8.26. The first kappa shape index (κ1) is 16.2. The van der Waals surface area contributed by atoms with Crippen LogP contribution in [0.1, 0.15) is 34.8 Å². The van der Waals surface area contributed by atoms with Crippen LogP contribution in [-0.4, -0.2) is 29.8 Å².